The molecule has 0 bridgehead atoms. The van der Waals surface area contributed by atoms with Crippen LogP contribution < -0.4 is 10.1 Å². The Kier molecular flexibility index (Phi) is 7.82. The van der Waals surface area contributed by atoms with Gasteiger partial charge >= 0.3 is 5.97 Å². The molecule has 0 aliphatic carbocycles. The largest absolute Gasteiger partial charge is 0.482 e. The standard InChI is InChI=1S/C21H25NO5/c1-15(2)26-13-17-3-7-18(8-4-17)21(25)22-12-11-16-5-9-19(10-6-16)27-14-20(23)24/h3-10,15H,11-14H2,1-2H3,(H,22,25)(H,23,24). The van der Waals surface area contributed by atoms with Crippen molar-refractivity contribution in [3.63, 3.8) is 0 Å². The molecule has 0 aromatic heterocycles. The van der Waals surface area contributed by atoms with Crippen molar-refractivity contribution < 1.29 is 24.2 Å². The highest BCUT2D eigenvalue weighted by atomic mass is 16.5. The number of amides is 1. The first-order valence-corrected chi connectivity index (χ1v) is 8.86. The van der Waals surface area contributed by atoms with Crippen LogP contribution in [0, 0.1) is 0 Å². The average molecular weight is 371 g/mol. The van der Waals surface area contributed by atoms with Crippen molar-refractivity contribution in [1.82, 2.24) is 5.32 Å². The van der Waals surface area contributed by atoms with E-state index in [1.807, 2.05) is 38.1 Å². The molecule has 6 nitrogen and oxygen atoms in total. The molecule has 0 fully saturated rings. The lowest BCUT2D eigenvalue weighted by molar-refractivity contribution is -0.139. The minimum absolute atomic E-state index is 0.118. The molecule has 2 aromatic rings. The molecule has 1 amide bonds. The van der Waals surface area contributed by atoms with Crippen LogP contribution in [-0.2, 0) is 22.6 Å². The fourth-order valence-electron chi connectivity index (χ4n) is 2.34. The van der Waals surface area contributed by atoms with Gasteiger partial charge in [-0.05, 0) is 55.7 Å². The third kappa shape index (κ3) is 7.50. The predicted octanol–water partition coefficient (Wildman–Crippen LogP) is 3.05. The number of carboxylic acids is 1. The maximum Gasteiger partial charge on any atom is 0.341 e. The van der Waals surface area contributed by atoms with Gasteiger partial charge in [0.05, 0.1) is 12.7 Å². The summed E-state index contributed by atoms with van der Waals surface area (Å²) < 4.78 is 10.6. The van der Waals surface area contributed by atoms with E-state index < -0.39 is 5.97 Å². The molecule has 0 unspecified atom stereocenters. The zero-order valence-electron chi connectivity index (χ0n) is 15.6. The van der Waals surface area contributed by atoms with Crippen molar-refractivity contribution >= 4 is 11.9 Å². The number of hydrogen-bond donors (Lipinski definition) is 2. The van der Waals surface area contributed by atoms with Gasteiger partial charge in [-0.25, -0.2) is 4.79 Å². The van der Waals surface area contributed by atoms with Crippen molar-refractivity contribution in [3.05, 3.63) is 65.2 Å². The Morgan fingerprint density at radius 1 is 1.00 bits per heavy atom. The van der Waals surface area contributed by atoms with E-state index in [-0.39, 0.29) is 18.6 Å². The Labute approximate surface area is 159 Å². The van der Waals surface area contributed by atoms with Crippen molar-refractivity contribution in [1.29, 1.82) is 0 Å². The summed E-state index contributed by atoms with van der Waals surface area (Å²) in [6.45, 7) is 4.65. The van der Waals surface area contributed by atoms with Crippen LogP contribution in [0.2, 0.25) is 0 Å². The third-order valence-electron chi connectivity index (χ3n) is 3.78. The summed E-state index contributed by atoms with van der Waals surface area (Å²) in [4.78, 5) is 22.7. The maximum atomic E-state index is 12.2. The van der Waals surface area contributed by atoms with Crippen LogP contribution in [0.4, 0.5) is 0 Å². The van der Waals surface area contributed by atoms with Crippen LogP contribution in [0.3, 0.4) is 0 Å². The summed E-state index contributed by atoms with van der Waals surface area (Å²) in [7, 11) is 0. The quantitative estimate of drug-likeness (QED) is 0.671. The van der Waals surface area contributed by atoms with Gasteiger partial charge in [-0.2, -0.15) is 0 Å². The van der Waals surface area contributed by atoms with E-state index in [0.29, 0.717) is 30.9 Å². The SMILES string of the molecule is CC(C)OCc1ccc(C(=O)NCCc2ccc(OCC(=O)O)cc2)cc1. The Hall–Kier alpha value is -2.86. The van der Waals surface area contributed by atoms with Crippen LogP contribution >= 0.6 is 0 Å². The Balaban J connectivity index is 1.76. The van der Waals surface area contributed by atoms with Crippen LogP contribution in [0.5, 0.6) is 5.75 Å². The van der Waals surface area contributed by atoms with Gasteiger partial charge in [-0.1, -0.05) is 24.3 Å². The average Bonchev–Trinajstić information content (AvgIpc) is 2.66. The molecule has 2 N–H and O–H groups in total. The van der Waals surface area contributed by atoms with E-state index in [2.05, 4.69) is 5.32 Å². The molecule has 2 aromatic carbocycles. The normalized spacial score (nSPS) is 10.6. The number of benzene rings is 2. The second kappa shape index (κ2) is 10.3. The number of carbonyl (C=O) groups excluding carboxylic acids is 1. The van der Waals surface area contributed by atoms with Gasteiger partial charge in [0.15, 0.2) is 6.61 Å². The molecular weight excluding hydrogens is 346 g/mol. The minimum Gasteiger partial charge on any atom is -0.482 e. The summed E-state index contributed by atoms with van der Waals surface area (Å²) in [5.41, 5.74) is 2.67. The smallest absolute Gasteiger partial charge is 0.341 e. The van der Waals surface area contributed by atoms with Gasteiger partial charge in [0.1, 0.15) is 5.75 Å². The number of nitrogens with one attached hydrogen (secondary N) is 1. The Bertz CT molecular complexity index is 738. The summed E-state index contributed by atoms with van der Waals surface area (Å²) in [5, 5.41) is 11.5. The van der Waals surface area contributed by atoms with E-state index in [0.717, 1.165) is 11.1 Å². The van der Waals surface area contributed by atoms with E-state index in [4.69, 9.17) is 14.6 Å². The number of rotatable bonds is 10. The number of carbonyl (C=O) groups is 2. The highest BCUT2D eigenvalue weighted by molar-refractivity contribution is 5.94. The van der Waals surface area contributed by atoms with Crippen molar-refractivity contribution in [2.24, 2.45) is 0 Å². The molecule has 0 saturated heterocycles. The number of hydrogen-bond acceptors (Lipinski definition) is 4. The van der Waals surface area contributed by atoms with Gasteiger partial charge in [-0.3, -0.25) is 4.79 Å². The number of ether oxygens (including phenoxy) is 2. The third-order valence-corrected chi connectivity index (χ3v) is 3.78. The zero-order valence-corrected chi connectivity index (χ0v) is 15.6. The van der Waals surface area contributed by atoms with E-state index in [1.165, 1.54) is 0 Å². The van der Waals surface area contributed by atoms with Gasteiger partial charge in [0, 0.05) is 12.1 Å². The molecule has 0 spiro atoms. The van der Waals surface area contributed by atoms with Crippen molar-refractivity contribution in [2.45, 2.75) is 33.0 Å². The lowest BCUT2D eigenvalue weighted by atomic mass is 10.1. The van der Waals surface area contributed by atoms with Gasteiger partial charge in [0.2, 0.25) is 0 Å². The van der Waals surface area contributed by atoms with E-state index in [1.54, 1.807) is 24.3 Å². The molecule has 0 aliphatic rings. The lowest BCUT2D eigenvalue weighted by Crippen LogP contribution is -2.25. The van der Waals surface area contributed by atoms with Gasteiger partial charge < -0.3 is 19.9 Å². The van der Waals surface area contributed by atoms with Crippen LogP contribution in [0.15, 0.2) is 48.5 Å². The molecule has 0 aliphatic heterocycles. The number of carboxylic acid groups (broad SMARTS) is 1. The van der Waals surface area contributed by atoms with Crippen molar-refractivity contribution in [3.8, 4) is 5.75 Å². The van der Waals surface area contributed by atoms with E-state index in [9.17, 15) is 9.59 Å². The molecule has 2 rings (SSSR count). The highest BCUT2D eigenvalue weighted by Crippen LogP contribution is 2.12. The predicted molar refractivity (Wildman–Crippen MR) is 102 cm³/mol. The molecule has 0 radical (unpaired) electrons. The lowest BCUT2D eigenvalue weighted by Gasteiger charge is -2.09. The molecule has 0 saturated carbocycles. The van der Waals surface area contributed by atoms with Gasteiger partial charge in [-0.15, -0.1) is 0 Å². The first kappa shape index (κ1) is 20.5. The van der Waals surface area contributed by atoms with Crippen LogP contribution in [0.25, 0.3) is 0 Å². The fourth-order valence-corrected chi connectivity index (χ4v) is 2.34. The first-order valence-electron chi connectivity index (χ1n) is 8.86. The second-order valence-electron chi connectivity index (χ2n) is 6.39. The summed E-state index contributed by atoms with van der Waals surface area (Å²) in [5.74, 6) is -0.623. The molecular formula is C21H25NO5. The van der Waals surface area contributed by atoms with Crippen LogP contribution in [0.1, 0.15) is 35.3 Å². The Morgan fingerprint density at radius 2 is 1.63 bits per heavy atom. The summed E-state index contributed by atoms with van der Waals surface area (Å²) in [6, 6.07) is 14.5. The summed E-state index contributed by atoms with van der Waals surface area (Å²) >= 11 is 0. The monoisotopic (exact) mass is 371 g/mol. The maximum absolute atomic E-state index is 12.2. The second-order valence-corrected chi connectivity index (χ2v) is 6.39. The molecule has 0 atom stereocenters. The highest BCUT2D eigenvalue weighted by Gasteiger charge is 2.06. The zero-order chi connectivity index (χ0) is 19.6. The first-order chi connectivity index (χ1) is 12.9. The van der Waals surface area contributed by atoms with E-state index >= 15 is 0 Å². The molecule has 6 heteroatoms. The number of aliphatic carboxylic acids is 1. The van der Waals surface area contributed by atoms with Crippen LogP contribution in [-0.4, -0.2) is 36.2 Å². The minimum atomic E-state index is -1.01. The van der Waals surface area contributed by atoms with Gasteiger partial charge in [0.25, 0.3) is 5.91 Å². The van der Waals surface area contributed by atoms with Crippen molar-refractivity contribution in [2.75, 3.05) is 13.2 Å². The topological polar surface area (TPSA) is 84.9 Å². The summed E-state index contributed by atoms with van der Waals surface area (Å²) in [6.07, 6.45) is 0.844. The molecule has 144 valence electrons. The molecule has 27 heavy (non-hydrogen) atoms. The Morgan fingerprint density at radius 3 is 2.22 bits per heavy atom. The fraction of sp³-hybridized carbons (Fsp3) is 0.333. The molecule has 0 heterocycles.